The molecule has 2 aliphatic rings. The van der Waals surface area contributed by atoms with Crippen molar-refractivity contribution in [3.05, 3.63) is 29.0 Å². The molecule has 2 fully saturated rings. The number of fused-ring (bicyclic) bond motifs is 2. The van der Waals surface area contributed by atoms with E-state index < -0.39 is 0 Å². The molecule has 3 atom stereocenters. The van der Waals surface area contributed by atoms with Crippen LogP contribution in [0.4, 0.5) is 0 Å². The van der Waals surface area contributed by atoms with Gasteiger partial charge in [-0.2, -0.15) is 4.98 Å². The van der Waals surface area contributed by atoms with E-state index in [1.165, 1.54) is 31.7 Å². The zero-order valence-electron chi connectivity index (χ0n) is 10.9. The van der Waals surface area contributed by atoms with Crippen LogP contribution < -0.4 is 0 Å². The maximum Gasteiger partial charge on any atom is 0.261 e. The molecule has 2 aliphatic carbocycles. The lowest BCUT2D eigenvalue weighted by Crippen LogP contribution is -2.09. The van der Waals surface area contributed by atoms with Crippen molar-refractivity contribution < 1.29 is 9.63 Å². The number of aromatic hydroxyl groups is 1. The predicted octanol–water partition coefficient (Wildman–Crippen LogP) is 4.00. The Morgan fingerprint density at radius 2 is 2.15 bits per heavy atom. The number of halogens is 1. The van der Waals surface area contributed by atoms with Gasteiger partial charge in [0.25, 0.3) is 5.89 Å². The van der Waals surface area contributed by atoms with E-state index >= 15 is 0 Å². The second kappa shape index (κ2) is 4.48. The van der Waals surface area contributed by atoms with Gasteiger partial charge in [-0.1, -0.05) is 23.2 Å². The summed E-state index contributed by atoms with van der Waals surface area (Å²) in [6.45, 7) is 0. The summed E-state index contributed by atoms with van der Waals surface area (Å²) in [4.78, 5) is 4.49. The van der Waals surface area contributed by atoms with Gasteiger partial charge in [0.15, 0.2) is 5.82 Å². The van der Waals surface area contributed by atoms with Crippen LogP contribution >= 0.6 is 11.6 Å². The molecular formula is C15H15ClN2O2. The van der Waals surface area contributed by atoms with Crippen LogP contribution in [0.25, 0.3) is 11.5 Å². The lowest BCUT2D eigenvalue weighted by Gasteiger charge is -2.17. The number of hydrogen-bond donors (Lipinski definition) is 1. The van der Waals surface area contributed by atoms with Crippen LogP contribution in [0.15, 0.2) is 22.7 Å². The van der Waals surface area contributed by atoms with Crippen molar-refractivity contribution in [1.82, 2.24) is 10.1 Å². The summed E-state index contributed by atoms with van der Waals surface area (Å²) in [7, 11) is 0. The largest absolute Gasteiger partial charge is 0.507 e. The molecule has 1 N–H and O–H groups in total. The minimum absolute atomic E-state index is 0.0700. The molecule has 0 spiro atoms. The van der Waals surface area contributed by atoms with Crippen molar-refractivity contribution in [2.75, 3.05) is 0 Å². The van der Waals surface area contributed by atoms with E-state index in [0.29, 0.717) is 28.3 Å². The number of rotatable bonds is 2. The second-order valence-electron chi connectivity index (χ2n) is 5.90. The lowest BCUT2D eigenvalue weighted by molar-refractivity contribution is 0.371. The molecule has 4 rings (SSSR count). The molecule has 0 radical (unpaired) electrons. The van der Waals surface area contributed by atoms with Gasteiger partial charge < -0.3 is 9.63 Å². The number of phenolic OH excluding ortho intramolecular Hbond substituents is 1. The van der Waals surface area contributed by atoms with E-state index in [1.807, 2.05) is 0 Å². The Morgan fingerprint density at radius 1 is 1.25 bits per heavy atom. The monoisotopic (exact) mass is 290 g/mol. The average Bonchev–Trinajstić information content (AvgIpc) is 3.14. The second-order valence-corrected chi connectivity index (χ2v) is 6.34. The van der Waals surface area contributed by atoms with Crippen LogP contribution in [-0.2, 0) is 0 Å². The van der Waals surface area contributed by atoms with Gasteiger partial charge in [0, 0.05) is 10.9 Å². The fourth-order valence-corrected chi connectivity index (χ4v) is 3.91. The zero-order valence-corrected chi connectivity index (χ0v) is 11.7. The summed E-state index contributed by atoms with van der Waals surface area (Å²) in [5, 5.41) is 14.5. The van der Waals surface area contributed by atoms with Crippen molar-refractivity contribution in [3.8, 4) is 17.2 Å². The van der Waals surface area contributed by atoms with Gasteiger partial charge in [0.1, 0.15) is 5.75 Å². The highest BCUT2D eigenvalue weighted by atomic mass is 35.5. The molecule has 0 amide bonds. The summed E-state index contributed by atoms with van der Waals surface area (Å²) in [5.74, 6) is 3.22. The minimum atomic E-state index is 0.0700. The fourth-order valence-electron chi connectivity index (χ4n) is 3.74. The zero-order chi connectivity index (χ0) is 13.7. The molecular weight excluding hydrogens is 276 g/mol. The van der Waals surface area contributed by atoms with Gasteiger partial charge in [-0.05, 0) is 49.3 Å². The topological polar surface area (TPSA) is 59.2 Å². The van der Waals surface area contributed by atoms with Crippen molar-refractivity contribution >= 4 is 11.6 Å². The highest BCUT2D eigenvalue weighted by Gasteiger charge is 2.42. The van der Waals surface area contributed by atoms with Crippen LogP contribution in [0.1, 0.15) is 37.4 Å². The standard InChI is InChI=1S/C15H15ClN2O2/c16-10-3-4-11(13(19)7-10)15-17-14(18-20-15)12-6-8-1-2-9(12)5-8/h3-4,7-9,12,19H,1-2,5-6H2. The molecule has 0 aliphatic heterocycles. The van der Waals surface area contributed by atoms with Crippen LogP contribution in [0.5, 0.6) is 5.75 Å². The maximum atomic E-state index is 9.91. The molecule has 2 saturated carbocycles. The smallest absolute Gasteiger partial charge is 0.261 e. The minimum Gasteiger partial charge on any atom is -0.507 e. The fraction of sp³-hybridized carbons (Fsp3) is 0.467. The molecule has 2 bridgehead atoms. The number of nitrogens with zero attached hydrogens (tertiary/aromatic N) is 2. The number of hydrogen-bond acceptors (Lipinski definition) is 4. The van der Waals surface area contributed by atoms with E-state index in [-0.39, 0.29) is 5.75 Å². The summed E-state index contributed by atoms with van der Waals surface area (Å²) >= 11 is 5.83. The third-order valence-corrected chi connectivity index (χ3v) is 4.94. The van der Waals surface area contributed by atoms with Gasteiger partial charge >= 0.3 is 0 Å². The molecule has 0 saturated heterocycles. The third kappa shape index (κ3) is 1.90. The quantitative estimate of drug-likeness (QED) is 0.908. The van der Waals surface area contributed by atoms with Gasteiger partial charge in [-0.25, -0.2) is 0 Å². The Labute approximate surface area is 121 Å². The van der Waals surface area contributed by atoms with Crippen molar-refractivity contribution in [2.45, 2.75) is 31.6 Å². The van der Waals surface area contributed by atoms with Crippen LogP contribution in [0.2, 0.25) is 5.02 Å². The molecule has 4 nitrogen and oxygen atoms in total. The van der Waals surface area contributed by atoms with Gasteiger partial charge in [0.2, 0.25) is 0 Å². The summed E-state index contributed by atoms with van der Waals surface area (Å²) in [6, 6.07) is 4.89. The van der Waals surface area contributed by atoms with Crippen LogP contribution in [-0.4, -0.2) is 15.2 Å². The molecule has 20 heavy (non-hydrogen) atoms. The SMILES string of the molecule is Oc1cc(Cl)ccc1-c1nc(C2CC3CCC2C3)no1. The van der Waals surface area contributed by atoms with Gasteiger partial charge in [-0.15, -0.1) is 0 Å². The lowest BCUT2D eigenvalue weighted by atomic mass is 9.88. The molecule has 3 unspecified atom stereocenters. The normalized spacial score (nSPS) is 28.1. The highest BCUT2D eigenvalue weighted by Crippen LogP contribution is 2.52. The molecule has 104 valence electrons. The number of phenols is 1. The predicted molar refractivity (Wildman–Crippen MR) is 74.6 cm³/mol. The molecule has 1 aromatic carbocycles. The Balaban J connectivity index is 1.65. The Morgan fingerprint density at radius 3 is 2.85 bits per heavy atom. The number of aromatic nitrogens is 2. The molecule has 5 heteroatoms. The van der Waals surface area contributed by atoms with Crippen molar-refractivity contribution in [1.29, 1.82) is 0 Å². The third-order valence-electron chi connectivity index (χ3n) is 4.70. The maximum absolute atomic E-state index is 9.91. The Kier molecular flexibility index (Phi) is 2.74. The van der Waals surface area contributed by atoms with E-state index in [4.69, 9.17) is 16.1 Å². The Bertz CT molecular complexity index is 655. The van der Waals surface area contributed by atoms with Crippen LogP contribution in [0, 0.1) is 11.8 Å². The van der Waals surface area contributed by atoms with Gasteiger partial charge in [0.05, 0.1) is 5.56 Å². The average molecular weight is 291 g/mol. The van der Waals surface area contributed by atoms with E-state index in [1.54, 1.807) is 12.1 Å². The summed E-state index contributed by atoms with van der Waals surface area (Å²) in [5.41, 5.74) is 0.538. The molecule has 1 heterocycles. The van der Waals surface area contributed by atoms with E-state index in [9.17, 15) is 5.11 Å². The number of benzene rings is 1. The van der Waals surface area contributed by atoms with E-state index in [2.05, 4.69) is 10.1 Å². The van der Waals surface area contributed by atoms with Crippen LogP contribution in [0.3, 0.4) is 0 Å². The Hall–Kier alpha value is -1.55. The summed E-state index contributed by atoms with van der Waals surface area (Å²) < 4.78 is 5.33. The molecule has 2 aromatic rings. The van der Waals surface area contributed by atoms with Crippen molar-refractivity contribution in [2.24, 2.45) is 11.8 Å². The first-order chi connectivity index (χ1) is 9.70. The first kappa shape index (κ1) is 12.2. The summed E-state index contributed by atoms with van der Waals surface area (Å²) in [6.07, 6.45) is 5.12. The van der Waals surface area contributed by atoms with Gasteiger partial charge in [-0.3, -0.25) is 0 Å². The van der Waals surface area contributed by atoms with E-state index in [0.717, 1.165) is 11.7 Å². The molecule has 1 aromatic heterocycles. The first-order valence-corrected chi connectivity index (χ1v) is 7.41. The van der Waals surface area contributed by atoms with Crippen molar-refractivity contribution in [3.63, 3.8) is 0 Å². The highest BCUT2D eigenvalue weighted by molar-refractivity contribution is 6.30. The first-order valence-electron chi connectivity index (χ1n) is 7.03.